The largest absolute Gasteiger partial charge is 0.241 e. The molecule has 1 saturated heterocycles. The maximum atomic E-state index is 12.1. The van der Waals surface area contributed by atoms with E-state index in [1.165, 1.54) is 11.3 Å². The van der Waals surface area contributed by atoms with Gasteiger partial charge in [0.25, 0.3) is 0 Å². The Morgan fingerprint density at radius 1 is 1.28 bits per heavy atom. The third kappa shape index (κ3) is 3.09. The first-order valence-corrected chi connectivity index (χ1v) is 10.8. The Morgan fingerprint density at radius 3 is 2.64 bits per heavy atom. The van der Waals surface area contributed by atoms with Crippen LogP contribution in [-0.2, 0) is 15.4 Å². The minimum absolute atomic E-state index is 0.0568. The molecule has 0 aliphatic carbocycles. The summed E-state index contributed by atoms with van der Waals surface area (Å²) in [5.74, 6) is 1.35. The second kappa shape index (κ2) is 5.89. The second-order valence-corrected chi connectivity index (χ2v) is 9.87. The second-order valence-electron chi connectivity index (χ2n) is 6.35. The Hall–Kier alpha value is -1.77. The van der Waals surface area contributed by atoms with Crippen molar-refractivity contribution in [1.82, 2.24) is 19.7 Å². The quantitative estimate of drug-likeness (QED) is 0.681. The van der Waals surface area contributed by atoms with Crippen LogP contribution in [0.3, 0.4) is 0 Å². The number of sulfone groups is 1. The van der Waals surface area contributed by atoms with E-state index in [2.05, 4.69) is 15.1 Å². The van der Waals surface area contributed by atoms with E-state index in [-0.39, 0.29) is 11.5 Å². The summed E-state index contributed by atoms with van der Waals surface area (Å²) in [5.41, 5.74) is 0.210. The van der Waals surface area contributed by atoms with Crippen molar-refractivity contribution < 1.29 is 8.42 Å². The molecule has 3 heterocycles. The Balaban J connectivity index is 1.88. The number of hydrogen-bond acceptors (Lipinski definition) is 6. The molecule has 4 rings (SSSR count). The molecule has 130 valence electrons. The van der Waals surface area contributed by atoms with Crippen molar-refractivity contribution in [2.45, 2.75) is 18.9 Å². The molecule has 1 atom stereocenters. The van der Waals surface area contributed by atoms with Gasteiger partial charge < -0.3 is 0 Å². The third-order valence-electron chi connectivity index (χ3n) is 4.33. The highest BCUT2D eigenvalue weighted by Crippen LogP contribution is 2.35. The number of halogens is 1. The topological polar surface area (TPSA) is 77.7 Å². The molecule has 1 unspecified atom stereocenters. The molecule has 25 heavy (non-hydrogen) atoms. The van der Waals surface area contributed by atoms with Gasteiger partial charge in [0, 0.05) is 22.2 Å². The van der Waals surface area contributed by atoms with Crippen molar-refractivity contribution in [2.24, 2.45) is 0 Å². The summed E-state index contributed by atoms with van der Waals surface area (Å²) in [6.45, 7) is 1.91. The lowest BCUT2D eigenvalue weighted by molar-refractivity contribution is 0.332. The van der Waals surface area contributed by atoms with Crippen molar-refractivity contribution in [3.63, 3.8) is 0 Å². The van der Waals surface area contributed by atoms with Crippen molar-refractivity contribution in [2.75, 3.05) is 11.5 Å². The lowest BCUT2D eigenvalue weighted by atomic mass is 10.0. The molecule has 0 radical (unpaired) electrons. The Kier molecular flexibility index (Phi) is 3.93. The van der Waals surface area contributed by atoms with E-state index in [9.17, 15) is 8.42 Å². The smallest absolute Gasteiger partial charge is 0.210 e. The molecular weight excluding hydrogens is 380 g/mol. The van der Waals surface area contributed by atoms with Crippen molar-refractivity contribution in [1.29, 1.82) is 0 Å². The average molecular weight is 395 g/mol. The van der Waals surface area contributed by atoms with Gasteiger partial charge in [-0.05, 0) is 37.6 Å². The van der Waals surface area contributed by atoms with E-state index in [4.69, 9.17) is 11.6 Å². The zero-order chi connectivity index (χ0) is 17.7. The zero-order valence-electron chi connectivity index (χ0n) is 13.4. The average Bonchev–Trinajstić information content (AvgIpc) is 3.27. The van der Waals surface area contributed by atoms with Gasteiger partial charge in [0.2, 0.25) is 5.82 Å². The summed E-state index contributed by atoms with van der Waals surface area (Å²) < 4.78 is 25.9. The standard InChI is InChI=1S/C16H15ClN4O2S2/c1-16(6-9-25(22,23)10-16)21-14(11-2-4-12(17)5-3-11)19-13(20-21)15-18-7-8-24-15/h2-5,7-8H,6,9-10H2,1H3. The predicted molar refractivity (Wildman–Crippen MR) is 98.5 cm³/mol. The molecule has 9 heteroatoms. The van der Waals surface area contributed by atoms with Crippen molar-refractivity contribution in [3.05, 3.63) is 40.9 Å². The fraction of sp³-hybridized carbons (Fsp3) is 0.312. The summed E-state index contributed by atoms with van der Waals surface area (Å²) in [5, 5.41) is 7.82. The fourth-order valence-electron chi connectivity index (χ4n) is 3.06. The van der Waals surface area contributed by atoms with Gasteiger partial charge in [0.1, 0.15) is 0 Å². The lowest BCUT2D eigenvalue weighted by Gasteiger charge is -2.24. The number of thiazole rings is 1. The van der Waals surface area contributed by atoms with Crippen LogP contribution in [0.2, 0.25) is 5.02 Å². The molecule has 2 aromatic heterocycles. The van der Waals surface area contributed by atoms with Crippen LogP contribution >= 0.6 is 22.9 Å². The van der Waals surface area contributed by atoms with E-state index < -0.39 is 15.4 Å². The molecule has 6 nitrogen and oxygen atoms in total. The first kappa shape index (κ1) is 16.7. The molecule has 0 spiro atoms. The minimum Gasteiger partial charge on any atom is -0.241 e. The third-order valence-corrected chi connectivity index (χ3v) is 7.24. The highest BCUT2D eigenvalue weighted by Gasteiger charge is 2.42. The minimum atomic E-state index is -3.08. The Bertz CT molecular complexity index is 1010. The van der Waals surface area contributed by atoms with Gasteiger partial charge in [-0.15, -0.1) is 16.4 Å². The highest BCUT2D eigenvalue weighted by atomic mass is 35.5. The van der Waals surface area contributed by atoms with Crippen LogP contribution in [0, 0.1) is 0 Å². The predicted octanol–water partition coefficient (Wildman–Crippen LogP) is 3.26. The molecule has 0 saturated carbocycles. The van der Waals surface area contributed by atoms with Crippen LogP contribution in [-0.4, -0.2) is 39.7 Å². The normalized spacial score (nSPS) is 22.3. The molecule has 1 fully saturated rings. The summed E-state index contributed by atoms with van der Waals surface area (Å²) in [7, 11) is -3.08. The van der Waals surface area contributed by atoms with Crippen LogP contribution in [0.25, 0.3) is 22.2 Å². The molecule has 1 aromatic carbocycles. The first-order chi connectivity index (χ1) is 11.9. The zero-order valence-corrected chi connectivity index (χ0v) is 15.8. The van der Waals surface area contributed by atoms with E-state index >= 15 is 0 Å². The van der Waals surface area contributed by atoms with E-state index in [1.54, 1.807) is 23.0 Å². The number of rotatable bonds is 3. The van der Waals surface area contributed by atoms with Crippen LogP contribution in [0.5, 0.6) is 0 Å². The Morgan fingerprint density at radius 2 is 2.04 bits per heavy atom. The molecular formula is C16H15ClN4O2S2. The summed E-state index contributed by atoms with van der Waals surface area (Å²) >= 11 is 7.43. The van der Waals surface area contributed by atoms with Crippen LogP contribution in [0.1, 0.15) is 13.3 Å². The molecule has 0 amide bonds. The molecule has 3 aromatic rings. The fourth-order valence-corrected chi connectivity index (χ4v) is 5.86. The van der Waals surface area contributed by atoms with Gasteiger partial charge >= 0.3 is 0 Å². The maximum absolute atomic E-state index is 12.1. The molecule has 0 N–H and O–H groups in total. The molecule has 1 aliphatic heterocycles. The number of aromatic nitrogens is 4. The molecule has 1 aliphatic rings. The first-order valence-electron chi connectivity index (χ1n) is 7.70. The van der Waals surface area contributed by atoms with Crippen LogP contribution < -0.4 is 0 Å². The SMILES string of the molecule is CC1(n2nc(-c3nccs3)nc2-c2ccc(Cl)cc2)CCS(=O)(=O)C1. The van der Waals surface area contributed by atoms with Gasteiger partial charge in [-0.3, -0.25) is 0 Å². The van der Waals surface area contributed by atoms with Crippen molar-refractivity contribution in [3.8, 4) is 22.2 Å². The lowest BCUT2D eigenvalue weighted by Crippen LogP contribution is -2.33. The van der Waals surface area contributed by atoms with Gasteiger partial charge in [0.15, 0.2) is 20.7 Å². The summed E-state index contributed by atoms with van der Waals surface area (Å²) in [6.07, 6.45) is 2.21. The Labute approximate surface area is 154 Å². The number of benzene rings is 1. The van der Waals surface area contributed by atoms with Gasteiger partial charge in [-0.2, -0.15) is 0 Å². The van der Waals surface area contributed by atoms with Gasteiger partial charge in [-0.1, -0.05) is 11.6 Å². The van der Waals surface area contributed by atoms with Crippen LogP contribution in [0.15, 0.2) is 35.8 Å². The number of hydrogen-bond donors (Lipinski definition) is 0. The monoisotopic (exact) mass is 394 g/mol. The highest BCUT2D eigenvalue weighted by molar-refractivity contribution is 7.91. The van der Waals surface area contributed by atoms with Crippen molar-refractivity contribution >= 4 is 32.8 Å². The maximum Gasteiger partial charge on any atom is 0.210 e. The molecule has 0 bridgehead atoms. The van der Waals surface area contributed by atoms with E-state index in [0.717, 1.165) is 5.56 Å². The van der Waals surface area contributed by atoms with Gasteiger partial charge in [-0.25, -0.2) is 23.1 Å². The van der Waals surface area contributed by atoms with E-state index in [0.29, 0.717) is 28.1 Å². The summed E-state index contributed by atoms with van der Waals surface area (Å²) in [4.78, 5) is 8.92. The number of nitrogens with zero attached hydrogens (tertiary/aromatic N) is 4. The van der Waals surface area contributed by atoms with E-state index in [1.807, 2.05) is 24.4 Å². The van der Waals surface area contributed by atoms with Crippen LogP contribution in [0.4, 0.5) is 0 Å². The van der Waals surface area contributed by atoms with Gasteiger partial charge in [0.05, 0.1) is 17.0 Å². The summed E-state index contributed by atoms with van der Waals surface area (Å²) in [6, 6.07) is 7.29.